The van der Waals surface area contributed by atoms with Gasteiger partial charge >= 0.3 is 0 Å². The summed E-state index contributed by atoms with van der Waals surface area (Å²) >= 11 is 0. The van der Waals surface area contributed by atoms with Gasteiger partial charge in [0.2, 0.25) is 10.0 Å². The maximum atomic E-state index is 13.5. The minimum absolute atomic E-state index is 0.178. The van der Waals surface area contributed by atoms with Crippen LogP contribution in [0.1, 0.15) is 49.1 Å². The van der Waals surface area contributed by atoms with E-state index in [0.29, 0.717) is 25.2 Å². The molecule has 3 aromatic carbocycles. The first kappa shape index (κ1) is 23.2. The number of benzene rings is 3. The summed E-state index contributed by atoms with van der Waals surface area (Å²) in [6.45, 7) is 4.48. The van der Waals surface area contributed by atoms with Crippen molar-refractivity contribution in [1.82, 2.24) is 4.72 Å². The smallest absolute Gasteiger partial charge is 0.241 e. The molecule has 0 radical (unpaired) electrons. The fourth-order valence-electron chi connectivity index (χ4n) is 4.74. The summed E-state index contributed by atoms with van der Waals surface area (Å²) in [6, 6.07) is 27.6. The number of sulfonamides is 1. The number of hydrogen-bond donors (Lipinski definition) is 2. The molecule has 1 heterocycles. The number of hydrogen-bond acceptors (Lipinski definition) is 4. The molecule has 2 atom stereocenters. The van der Waals surface area contributed by atoms with E-state index in [1.807, 2.05) is 98.8 Å². The van der Waals surface area contributed by atoms with Crippen molar-refractivity contribution in [1.29, 1.82) is 0 Å². The standard InChI is InChI=1S/C27H31N3O2S/c1-27(2)19-25(29-24(16-17-28)21-12-7-4-8-13-21)30-33(31,32)26(27)23-15-9-14-22(18-23)20-10-5-3-6-11-20/h3-15,18,24,26H,16-17,19,28H2,1-2H3,(H,29,30)/t24-,26?/m0/s1. The maximum absolute atomic E-state index is 13.5. The summed E-state index contributed by atoms with van der Waals surface area (Å²) in [4.78, 5) is 4.83. The van der Waals surface area contributed by atoms with Crippen LogP contribution in [0, 0.1) is 5.41 Å². The summed E-state index contributed by atoms with van der Waals surface area (Å²) in [5.41, 5.74) is 9.18. The number of amidine groups is 1. The molecule has 0 saturated carbocycles. The second-order valence-electron chi connectivity index (χ2n) is 9.26. The molecule has 0 spiro atoms. The topological polar surface area (TPSA) is 84.5 Å². The fraction of sp³-hybridized carbons (Fsp3) is 0.296. The first-order valence-electron chi connectivity index (χ1n) is 11.3. The van der Waals surface area contributed by atoms with Gasteiger partial charge < -0.3 is 5.73 Å². The summed E-state index contributed by atoms with van der Waals surface area (Å²) in [6.07, 6.45) is 1.18. The quantitative estimate of drug-likeness (QED) is 0.527. The molecule has 0 amide bonds. The Morgan fingerprint density at radius 2 is 1.61 bits per heavy atom. The minimum atomic E-state index is -3.69. The zero-order valence-electron chi connectivity index (χ0n) is 19.1. The number of rotatable bonds is 6. The van der Waals surface area contributed by atoms with Crippen molar-refractivity contribution in [2.75, 3.05) is 6.54 Å². The molecule has 0 aromatic heterocycles. The van der Waals surface area contributed by atoms with Crippen LogP contribution in [-0.4, -0.2) is 20.8 Å². The van der Waals surface area contributed by atoms with Gasteiger partial charge in [-0.15, -0.1) is 0 Å². The van der Waals surface area contributed by atoms with E-state index in [0.717, 1.165) is 22.3 Å². The van der Waals surface area contributed by atoms with E-state index < -0.39 is 20.7 Å². The highest BCUT2D eigenvalue weighted by atomic mass is 32.2. The van der Waals surface area contributed by atoms with E-state index in [1.54, 1.807) is 0 Å². The summed E-state index contributed by atoms with van der Waals surface area (Å²) in [7, 11) is -3.69. The monoisotopic (exact) mass is 461 g/mol. The van der Waals surface area contributed by atoms with Crippen molar-refractivity contribution in [3.63, 3.8) is 0 Å². The van der Waals surface area contributed by atoms with E-state index in [1.165, 1.54) is 0 Å². The van der Waals surface area contributed by atoms with Crippen molar-refractivity contribution < 1.29 is 8.42 Å². The van der Waals surface area contributed by atoms with E-state index in [-0.39, 0.29) is 6.04 Å². The Labute approximate surface area is 196 Å². The molecule has 1 aliphatic heterocycles. The molecule has 172 valence electrons. The van der Waals surface area contributed by atoms with Crippen LogP contribution in [0.25, 0.3) is 11.1 Å². The van der Waals surface area contributed by atoms with Crippen LogP contribution >= 0.6 is 0 Å². The summed E-state index contributed by atoms with van der Waals surface area (Å²) < 4.78 is 29.8. The highest BCUT2D eigenvalue weighted by Gasteiger charge is 2.46. The Morgan fingerprint density at radius 1 is 0.970 bits per heavy atom. The van der Waals surface area contributed by atoms with Crippen LogP contribution in [0.2, 0.25) is 0 Å². The van der Waals surface area contributed by atoms with Gasteiger partial charge in [-0.2, -0.15) is 0 Å². The van der Waals surface area contributed by atoms with Crippen LogP contribution in [0.3, 0.4) is 0 Å². The molecule has 6 heteroatoms. The zero-order chi connectivity index (χ0) is 23.5. The molecule has 1 saturated heterocycles. The van der Waals surface area contributed by atoms with Gasteiger partial charge in [0.25, 0.3) is 0 Å². The first-order valence-corrected chi connectivity index (χ1v) is 12.8. The normalized spacial score (nSPS) is 21.3. The summed E-state index contributed by atoms with van der Waals surface area (Å²) in [5.74, 6) is 0.498. The Kier molecular flexibility index (Phi) is 6.68. The second kappa shape index (κ2) is 9.49. The number of nitrogens with zero attached hydrogens (tertiary/aromatic N) is 1. The lowest BCUT2D eigenvalue weighted by Crippen LogP contribution is -2.48. The lowest BCUT2D eigenvalue weighted by atomic mass is 9.81. The molecule has 3 aromatic rings. The zero-order valence-corrected chi connectivity index (χ0v) is 19.9. The number of nitrogens with two attached hydrogens (primary N) is 1. The van der Waals surface area contributed by atoms with Gasteiger partial charge in [-0.1, -0.05) is 92.7 Å². The Bertz CT molecular complexity index is 1220. The van der Waals surface area contributed by atoms with Crippen LogP contribution in [0.15, 0.2) is 89.9 Å². The van der Waals surface area contributed by atoms with Crippen molar-refractivity contribution >= 4 is 15.9 Å². The molecule has 1 unspecified atom stereocenters. The van der Waals surface area contributed by atoms with E-state index in [9.17, 15) is 8.42 Å². The Morgan fingerprint density at radius 3 is 2.24 bits per heavy atom. The van der Waals surface area contributed by atoms with Crippen molar-refractivity contribution in [2.24, 2.45) is 16.1 Å². The Hall–Kier alpha value is -2.96. The molecule has 0 bridgehead atoms. The molecule has 1 fully saturated rings. The highest BCUT2D eigenvalue weighted by Crippen LogP contribution is 2.46. The molecule has 4 rings (SSSR count). The van der Waals surface area contributed by atoms with Gasteiger partial charge in [-0.05, 0) is 46.7 Å². The average molecular weight is 462 g/mol. The third kappa shape index (κ3) is 5.18. The Balaban J connectivity index is 1.68. The molecular weight excluding hydrogens is 430 g/mol. The predicted molar refractivity (Wildman–Crippen MR) is 135 cm³/mol. The van der Waals surface area contributed by atoms with Gasteiger partial charge in [0.05, 0.1) is 6.04 Å². The van der Waals surface area contributed by atoms with Crippen molar-refractivity contribution in [2.45, 2.75) is 38.0 Å². The molecule has 5 nitrogen and oxygen atoms in total. The van der Waals surface area contributed by atoms with Gasteiger partial charge in [-0.25, -0.2) is 8.42 Å². The van der Waals surface area contributed by atoms with Gasteiger partial charge in [0.15, 0.2) is 0 Å². The lowest BCUT2D eigenvalue weighted by Gasteiger charge is -2.39. The van der Waals surface area contributed by atoms with Crippen LogP contribution in [-0.2, 0) is 10.0 Å². The van der Waals surface area contributed by atoms with Gasteiger partial charge in [0.1, 0.15) is 11.1 Å². The molecule has 0 aliphatic carbocycles. The van der Waals surface area contributed by atoms with Gasteiger partial charge in [0, 0.05) is 6.42 Å². The average Bonchev–Trinajstić information content (AvgIpc) is 2.78. The minimum Gasteiger partial charge on any atom is -0.330 e. The van der Waals surface area contributed by atoms with E-state index in [2.05, 4.69) is 4.72 Å². The molecular formula is C27H31N3O2S. The molecule has 3 N–H and O–H groups in total. The van der Waals surface area contributed by atoms with Gasteiger partial charge in [-0.3, -0.25) is 9.71 Å². The molecule has 1 aliphatic rings. The second-order valence-corrected chi connectivity index (χ2v) is 11.0. The van der Waals surface area contributed by atoms with E-state index >= 15 is 0 Å². The first-order chi connectivity index (χ1) is 15.8. The van der Waals surface area contributed by atoms with Crippen LogP contribution in [0.5, 0.6) is 0 Å². The largest absolute Gasteiger partial charge is 0.330 e. The summed E-state index contributed by atoms with van der Waals surface area (Å²) in [5, 5.41) is -0.683. The highest BCUT2D eigenvalue weighted by molar-refractivity contribution is 7.90. The third-order valence-corrected chi connectivity index (χ3v) is 8.19. The number of aliphatic imine (C=N–C) groups is 1. The number of nitrogens with one attached hydrogen (secondary N) is 1. The third-order valence-electron chi connectivity index (χ3n) is 6.14. The lowest BCUT2D eigenvalue weighted by molar-refractivity contribution is 0.342. The fourth-order valence-corrected chi connectivity index (χ4v) is 6.74. The predicted octanol–water partition coefficient (Wildman–Crippen LogP) is 5.23. The SMILES string of the molecule is CC1(C)CC(=N[C@@H](CCN)c2ccccc2)NS(=O)(=O)C1c1cccc(-c2ccccc2)c1. The van der Waals surface area contributed by atoms with Crippen molar-refractivity contribution in [3.05, 3.63) is 96.1 Å². The molecule has 33 heavy (non-hydrogen) atoms. The van der Waals surface area contributed by atoms with Crippen molar-refractivity contribution in [3.8, 4) is 11.1 Å². The van der Waals surface area contributed by atoms with Crippen LogP contribution in [0.4, 0.5) is 0 Å². The maximum Gasteiger partial charge on any atom is 0.241 e. The van der Waals surface area contributed by atoms with Crippen LogP contribution < -0.4 is 10.5 Å². The van der Waals surface area contributed by atoms with E-state index in [4.69, 9.17) is 10.7 Å².